The zero-order valence-electron chi connectivity index (χ0n) is 15.4. The van der Waals surface area contributed by atoms with Crippen molar-refractivity contribution in [3.63, 3.8) is 0 Å². The molecule has 0 aliphatic heterocycles. The first-order chi connectivity index (χ1) is 13.3. The average Bonchev–Trinajstić information content (AvgIpc) is 2.66. The summed E-state index contributed by atoms with van der Waals surface area (Å²) in [4.78, 5) is 23.6. The lowest BCUT2D eigenvalue weighted by molar-refractivity contribution is -0.124. The van der Waals surface area contributed by atoms with Crippen molar-refractivity contribution in [1.82, 2.24) is 10.8 Å². The summed E-state index contributed by atoms with van der Waals surface area (Å²) in [6, 6.07) is 9.98. The highest BCUT2D eigenvalue weighted by Gasteiger charge is 2.15. The Kier molecular flexibility index (Phi) is 7.17. The Balaban J connectivity index is 2.38. The first-order valence-corrected chi connectivity index (χ1v) is 8.50. The third-order valence-electron chi connectivity index (χ3n) is 3.68. The Hall–Kier alpha value is -3.32. The van der Waals surface area contributed by atoms with Gasteiger partial charge in [0.05, 0.1) is 0 Å². The van der Waals surface area contributed by atoms with E-state index in [9.17, 15) is 18.4 Å². The molecule has 0 spiro atoms. The van der Waals surface area contributed by atoms with Crippen molar-refractivity contribution in [3.05, 3.63) is 76.9 Å². The largest absolute Gasteiger partial charge is 0.350 e. The highest BCUT2D eigenvalue weighted by atomic mass is 19.2. The van der Waals surface area contributed by atoms with Crippen LogP contribution in [0, 0.1) is 11.6 Å². The number of hydrogen-bond donors (Lipinski definition) is 3. The summed E-state index contributed by atoms with van der Waals surface area (Å²) < 4.78 is 26.9. The molecular formula is C21H20F2N2O3. The van der Waals surface area contributed by atoms with E-state index in [-0.39, 0.29) is 17.2 Å². The Labute approximate surface area is 161 Å². The van der Waals surface area contributed by atoms with Gasteiger partial charge in [-0.25, -0.2) is 14.3 Å². The van der Waals surface area contributed by atoms with Gasteiger partial charge in [-0.3, -0.25) is 14.8 Å². The molecule has 0 aliphatic carbocycles. The van der Waals surface area contributed by atoms with Crippen molar-refractivity contribution in [2.75, 3.05) is 0 Å². The number of rotatable bonds is 6. The second kappa shape index (κ2) is 9.57. The molecule has 2 aromatic rings. The zero-order valence-corrected chi connectivity index (χ0v) is 15.4. The van der Waals surface area contributed by atoms with E-state index in [1.807, 2.05) is 0 Å². The van der Waals surface area contributed by atoms with E-state index in [4.69, 9.17) is 5.21 Å². The molecule has 28 heavy (non-hydrogen) atoms. The summed E-state index contributed by atoms with van der Waals surface area (Å²) in [5.74, 6) is -3.10. The molecule has 2 rings (SSSR count). The summed E-state index contributed by atoms with van der Waals surface area (Å²) >= 11 is 0. The molecule has 2 amide bonds. The summed E-state index contributed by atoms with van der Waals surface area (Å²) in [6.45, 7) is 3.59. The lowest BCUT2D eigenvalue weighted by atomic mass is 10.0. The molecule has 0 unspecified atom stereocenters. The smallest absolute Gasteiger partial charge is 0.267 e. The molecule has 0 fully saturated rings. The van der Waals surface area contributed by atoms with Crippen LogP contribution in [0.25, 0.3) is 17.7 Å². The predicted molar refractivity (Wildman–Crippen MR) is 103 cm³/mol. The highest BCUT2D eigenvalue weighted by molar-refractivity contribution is 6.24. The van der Waals surface area contributed by atoms with Gasteiger partial charge in [0.15, 0.2) is 11.6 Å². The van der Waals surface area contributed by atoms with Gasteiger partial charge in [0.25, 0.3) is 11.8 Å². The first-order valence-electron chi connectivity index (χ1n) is 8.50. The fourth-order valence-corrected chi connectivity index (χ4v) is 2.36. The van der Waals surface area contributed by atoms with Crippen LogP contribution in [-0.2, 0) is 9.59 Å². The first kappa shape index (κ1) is 21.0. The Morgan fingerprint density at radius 1 is 1.00 bits per heavy atom. The normalized spacial score (nSPS) is 11.7. The second-order valence-electron chi connectivity index (χ2n) is 6.29. The van der Waals surface area contributed by atoms with Gasteiger partial charge in [-0.2, -0.15) is 0 Å². The van der Waals surface area contributed by atoms with Crippen LogP contribution >= 0.6 is 0 Å². The van der Waals surface area contributed by atoms with E-state index in [2.05, 4.69) is 5.32 Å². The molecule has 0 atom stereocenters. The SMILES string of the molecule is CC(C)NC(=O)/C(=C\c1ccc(/C=C/C(=O)NO)cc1)c1ccc(F)c(F)c1. The number of halogens is 2. The van der Waals surface area contributed by atoms with E-state index in [0.717, 1.165) is 18.2 Å². The molecule has 0 radical (unpaired) electrons. The van der Waals surface area contributed by atoms with Crippen molar-refractivity contribution in [3.8, 4) is 0 Å². The maximum absolute atomic E-state index is 13.6. The molecule has 2 aromatic carbocycles. The molecule has 146 valence electrons. The molecule has 7 heteroatoms. The number of carbonyl (C=O) groups excluding carboxylic acids is 2. The minimum Gasteiger partial charge on any atom is -0.350 e. The molecule has 5 nitrogen and oxygen atoms in total. The summed E-state index contributed by atoms with van der Waals surface area (Å²) in [5.41, 5.74) is 3.28. The van der Waals surface area contributed by atoms with Gasteiger partial charge >= 0.3 is 0 Å². The number of nitrogens with one attached hydrogen (secondary N) is 2. The van der Waals surface area contributed by atoms with Gasteiger partial charge in [-0.1, -0.05) is 30.3 Å². The Bertz CT molecular complexity index is 920. The standard InChI is InChI=1S/C21H20F2N2O3/c1-13(2)24-21(27)17(16-8-9-18(22)19(23)12-16)11-15-5-3-14(4-6-15)7-10-20(26)25-28/h3-13,28H,1-2H3,(H,24,27)(H,25,26)/b10-7+,17-11-. The van der Waals surface area contributed by atoms with Crippen LogP contribution in [0.3, 0.4) is 0 Å². The van der Waals surface area contributed by atoms with E-state index in [1.165, 1.54) is 17.6 Å². The third-order valence-corrected chi connectivity index (χ3v) is 3.68. The molecule has 0 saturated heterocycles. The number of hydroxylamine groups is 1. The van der Waals surface area contributed by atoms with Crippen LogP contribution < -0.4 is 10.8 Å². The van der Waals surface area contributed by atoms with Crippen molar-refractivity contribution >= 4 is 29.5 Å². The topological polar surface area (TPSA) is 78.4 Å². The van der Waals surface area contributed by atoms with Crippen molar-refractivity contribution in [2.24, 2.45) is 0 Å². The molecule has 0 aromatic heterocycles. The predicted octanol–water partition coefficient (Wildman–Crippen LogP) is 3.55. The van der Waals surface area contributed by atoms with Crippen LogP contribution in [0.2, 0.25) is 0 Å². The van der Waals surface area contributed by atoms with Crippen LogP contribution in [0.15, 0.2) is 48.5 Å². The fraction of sp³-hybridized carbons (Fsp3) is 0.143. The molecular weight excluding hydrogens is 366 g/mol. The second-order valence-corrected chi connectivity index (χ2v) is 6.29. The van der Waals surface area contributed by atoms with Gasteiger partial charge in [0.2, 0.25) is 0 Å². The average molecular weight is 386 g/mol. The van der Waals surface area contributed by atoms with E-state index < -0.39 is 23.4 Å². The van der Waals surface area contributed by atoms with Crippen LogP contribution in [-0.4, -0.2) is 23.1 Å². The van der Waals surface area contributed by atoms with Crippen molar-refractivity contribution in [2.45, 2.75) is 19.9 Å². The summed E-state index contributed by atoms with van der Waals surface area (Å²) in [6.07, 6.45) is 4.23. The van der Waals surface area contributed by atoms with Crippen molar-refractivity contribution < 1.29 is 23.6 Å². The summed E-state index contributed by atoms with van der Waals surface area (Å²) in [5, 5.41) is 11.2. The molecule has 0 aliphatic rings. The van der Waals surface area contributed by atoms with Crippen LogP contribution in [0.1, 0.15) is 30.5 Å². The fourth-order valence-electron chi connectivity index (χ4n) is 2.36. The van der Waals surface area contributed by atoms with Gasteiger partial charge in [0.1, 0.15) is 0 Å². The maximum Gasteiger partial charge on any atom is 0.267 e. The lowest BCUT2D eigenvalue weighted by Gasteiger charge is -2.12. The van der Waals surface area contributed by atoms with E-state index in [0.29, 0.717) is 11.1 Å². The molecule has 3 N–H and O–H groups in total. The van der Waals surface area contributed by atoms with Gasteiger partial charge in [0, 0.05) is 17.7 Å². The van der Waals surface area contributed by atoms with Crippen molar-refractivity contribution in [1.29, 1.82) is 0 Å². The maximum atomic E-state index is 13.6. The monoisotopic (exact) mass is 386 g/mol. The van der Waals surface area contributed by atoms with Crippen LogP contribution in [0.4, 0.5) is 8.78 Å². The number of benzene rings is 2. The zero-order chi connectivity index (χ0) is 20.7. The number of amides is 2. The lowest BCUT2D eigenvalue weighted by Crippen LogP contribution is -2.30. The van der Waals surface area contributed by atoms with E-state index in [1.54, 1.807) is 44.2 Å². The third kappa shape index (κ3) is 5.85. The minimum atomic E-state index is -1.04. The minimum absolute atomic E-state index is 0.133. The van der Waals surface area contributed by atoms with Gasteiger partial charge in [-0.05, 0) is 54.8 Å². The molecule has 0 bridgehead atoms. The number of carbonyl (C=O) groups is 2. The quantitative estimate of drug-likeness (QED) is 0.308. The number of hydrogen-bond acceptors (Lipinski definition) is 3. The van der Waals surface area contributed by atoms with Gasteiger partial charge < -0.3 is 5.32 Å². The Morgan fingerprint density at radius 3 is 2.21 bits per heavy atom. The van der Waals surface area contributed by atoms with E-state index >= 15 is 0 Å². The highest BCUT2D eigenvalue weighted by Crippen LogP contribution is 2.21. The van der Waals surface area contributed by atoms with Gasteiger partial charge in [-0.15, -0.1) is 0 Å². The Morgan fingerprint density at radius 2 is 1.64 bits per heavy atom. The summed E-state index contributed by atoms with van der Waals surface area (Å²) in [7, 11) is 0. The van der Waals surface area contributed by atoms with Crippen LogP contribution in [0.5, 0.6) is 0 Å². The molecule has 0 heterocycles. The molecule has 0 saturated carbocycles.